The summed E-state index contributed by atoms with van der Waals surface area (Å²) < 4.78 is 27.7. The van der Waals surface area contributed by atoms with Gasteiger partial charge in [0, 0.05) is 17.3 Å². The second kappa shape index (κ2) is 4.68. The Kier molecular flexibility index (Phi) is 2.98. The molecule has 20 heavy (non-hydrogen) atoms. The minimum Gasteiger partial charge on any atom is -0.477 e. The fourth-order valence-corrected chi connectivity index (χ4v) is 2.89. The maximum absolute atomic E-state index is 13.1. The molecule has 0 fully saturated rings. The van der Waals surface area contributed by atoms with Crippen LogP contribution in [0.1, 0.15) is 21.0 Å². The standard InChI is InChI=1S/C13H8F2N2O2S/c14-12(15)11-7(5-10(20-11)13(18)19)8-6-16-17-4-2-1-3-9(8)17/h1-6,12H,(H,18,19). The van der Waals surface area contributed by atoms with Gasteiger partial charge in [0.1, 0.15) is 4.88 Å². The van der Waals surface area contributed by atoms with Crippen molar-refractivity contribution in [2.24, 2.45) is 0 Å². The highest BCUT2D eigenvalue weighted by Crippen LogP contribution is 2.39. The van der Waals surface area contributed by atoms with E-state index in [1.165, 1.54) is 12.3 Å². The van der Waals surface area contributed by atoms with Crippen molar-refractivity contribution in [1.82, 2.24) is 9.61 Å². The largest absolute Gasteiger partial charge is 0.477 e. The van der Waals surface area contributed by atoms with Crippen molar-refractivity contribution in [3.05, 3.63) is 46.4 Å². The molecule has 0 bridgehead atoms. The first-order valence-corrected chi connectivity index (χ1v) is 6.47. The Morgan fingerprint density at radius 3 is 2.85 bits per heavy atom. The summed E-state index contributed by atoms with van der Waals surface area (Å²) >= 11 is 0.596. The number of hydrogen-bond donors (Lipinski definition) is 1. The third kappa shape index (κ3) is 1.96. The monoisotopic (exact) mass is 294 g/mol. The molecule has 0 aromatic carbocycles. The normalized spacial score (nSPS) is 11.3. The van der Waals surface area contributed by atoms with Crippen LogP contribution >= 0.6 is 11.3 Å². The summed E-state index contributed by atoms with van der Waals surface area (Å²) in [7, 11) is 0. The first-order chi connectivity index (χ1) is 9.58. The molecule has 0 spiro atoms. The molecule has 0 aliphatic heterocycles. The van der Waals surface area contributed by atoms with Gasteiger partial charge in [0.05, 0.1) is 16.6 Å². The van der Waals surface area contributed by atoms with Crippen molar-refractivity contribution in [3.8, 4) is 11.1 Å². The van der Waals surface area contributed by atoms with Crippen molar-refractivity contribution in [1.29, 1.82) is 0 Å². The van der Waals surface area contributed by atoms with E-state index in [2.05, 4.69) is 5.10 Å². The lowest BCUT2D eigenvalue weighted by atomic mass is 10.1. The van der Waals surface area contributed by atoms with E-state index in [1.54, 1.807) is 28.9 Å². The molecule has 0 aliphatic rings. The van der Waals surface area contributed by atoms with Crippen LogP contribution in [0.3, 0.4) is 0 Å². The molecular formula is C13H8F2N2O2S. The van der Waals surface area contributed by atoms with Gasteiger partial charge in [-0.05, 0) is 18.2 Å². The smallest absolute Gasteiger partial charge is 0.345 e. The summed E-state index contributed by atoms with van der Waals surface area (Å²) in [4.78, 5) is 10.6. The Morgan fingerprint density at radius 1 is 1.35 bits per heavy atom. The van der Waals surface area contributed by atoms with Crippen LogP contribution in [0.15, 0.2) is 36.7 Å². The SMILES string of the molecule is O=C(O)c1cc(-c2cnn3ccccc23)c(C(F)F)s1. The predicted octanol–water partition coefficient (Wildman–Crippen LogP) is 3.70. The second-order valence-electron chi connectivity index (χ2n) is 4.08. The molecule has 3 aromatic heterocycles. The number of pyridine rings is 1. The molecule has 102 valence electrons. The number of fused-ring (bicyclic) bond motifs is 1. The zero-order valence-electron chi connectivity index (χ0n) is 9.96. The maximum Gasteiger partial charge on any atom is 0.345 e. The minimum atomic E-state index is -2.72. The molecule has 0 saturated heterocycles. The molecule has 3 heterocycles. The first kappa shape index (κ1) is 12.7. The number of carbonyl (C=O) groups is 1. The molecule has 0 aliphatic carbocycles. The Hall–Kier alpha value is -2.28. The second-order valence-corrected chi connectivity index (χ2v) is 5.17. The summed E-state index contributed by atoms with van der Waals surface area (Å²) in [6.45, 7) is 0. The van der Waals surface area contributed by atoms with Crippen molar-refractivity contribution in [2.45, 2.75) is 6.43 Å². The number of aromatic nitrogens is 2. The van der Waals surface area contributed by atoms with E-state index in [4.69, 9.17) is 5.11 Å². The van der Waals surface area contributed by atoms with E-state index in [0.29, 0.717) is 22.4 Å². The maximum atomic E-state index is 13.1. The summed E-state index contributed by atoms with van der Waals surface area (Å²) in [5.74, 6) is -1.21. The van der Waals surface area contributed by atoms with Crippen LogP contribution in [-0.2, 0) is 0 Å². The van der Waals surface area contributed by atoms with Crippen LogP contribution in [0.2, 0.25) is 0 Å². The van der Waals surface area contributed by atoms with Gasteiger partial charge in [-0.2, -0.15) is 5.10 Å². The third-order valence-corrected chi connectivity index (χ3v) is 4.02. The van der Waals surface area contributed by atoms with Crippen LogP contribution in [0.25, 0.3) is 16.6 Å². The molecule has 3 aromatic rings. The third-order valence-electron chi connectivity index (χ3n) is 2.89. The number of carboxylic acids is 1. The zero-order chi connectivity index (χ0) is 14.3. The lowest BCUT2D eigenvalue weighted by Crippen LogP contribution is -1.89. The quantitative estimate of drug-likeness (QED) is 0.801. The van der Waals surface area contributed by atoms with Gasteiger partial charge in [-0.25, -0.2) is 18.1 Å². The zero-order valence-corrected chi connectivity index (χ0v) is 10.8. The molecule has 0 unspecified atom stereocenters. The molecule has 0 saturated carbocycles. The fraction of sp³-hybridized carbons (Fsp3) is 0.0769. The highest BCUT2D eigenvalue weighted by molar-refractivity contribution is 7.14. The first-order valence-electron chi connectivity index (χ1n) is 5.66. The fourth-order valence-electron chi connectivity index (χ4n) is 2.03. The van der Waals surface area contributed by atoms with E-state index in [0.717, 1.165) is 0 Å². The predicted molar refractivity (Wildman–Crippen MR) is 70.4 cm³/mol. The van der Waals surface area contributed by atoms with Gasteiger partial charge in [-0.15, -0.1) is 11.3 Å². The van der Waals surface area contributed by atoms with Gasteiger partial charge in [0.2, 0.25) is 0 Å². The molecule has 4 nitrogen and oxygen atoms in total. The minimum absolute atomic E-state index is 0.106. The molecule has 1 N–H and O–H groups in total. The number of halogens is 2. The van der Waals surface area contributed by atoms with Crippen LogP contribution in [0.5, 0.6) is 0 Å². The molecule has 3 rings (SSSR count). The van der Waals surface area contributed by atoms with E-state index in [9.17, 15) is 13.6 Å². The highest BCUT2D eigenvalue weighted by atomic mass is 32.1. The van der Waals surface area contributed by atoms with Crippen LogP contribution in [0, 0.1) is 0 Å². The average Bonchev–Trinajstić information content (AvgIpc) is 3.02. The number of nitrogens with zero attached hydrogens (tertiary/aromatic N) is 2. The van der Waals surface area contributed by atoms with Crippen molar-refractivity contribution in [2.75, 3.05) is 0 Å². The van der Waals surface area contributed by atoms with Gasteiger partial charge in [-0.1, -0.05) is 6.07 Å². The Morgan fingerprint density at radius 2 is 2.15 bits per heavy atom. The van der Waals surface area contributed by atoms with Gasteiger partial charge in [0.25, 0.3) is 6.43 Å². The van der Waals surface area contributed by atoms with Gasteiger partial charge in [0.15, 0.2) is 0 Å². The molecule has 0 atom stereocenters. The van der Waals surface area contributed by atoms with Crippen molar-refractivity contribution in [3.63, 3.8) is 0 Å². The van der Waals surface area contributed by atoms with Crippen molar-refractivity contribution >= 4 is 22.8 Å². The molecular weight excluding hydrogens is 286 g/mol. The van der Waals surface area contributed by atoms with E-state index >= 15 is 0 Å². The van der Waals surface area contributed by atoms with Crippen LogP contribution in [-0.4, -0.2) is 20.7 Å². The van der Waals surface area contributed by atoms with Crippen LogP contribution < -0.4 is 0 Å². The van der Waals surface area contributed by atoms with Crippen LogP contribution in [0.4, 0.5) is 8.78 Å². The number of carboxylic acid groups (broad SMARTS) is 1. The highest BCUT2D eigenvalue weighted by Gasteiger charge is 2.23. The molecule has 0 radical (unpaired) electrons. The number of rotatable bonds is 3. The summed E-state index contributed by atoms with van der Waals surface area (Å²) in [5.41, 5.74) is 1.39. The van der Waals surface area contributed by atoms with E-state index in [-0.39, 0.29) is 15.3 Å². The van der Waals surface area contributed by atoms with Gasteiger partial charge < -0.3 is 5.11 Å². The lowest BCUT2D eigenvalue weighted by molar-refractivity contribution is 0.0702. The van der Waals surface area contributed by atoms with E-state index in [1.807, 2.05) is 0 Å². The molecule has 0 amide bonds. The topological polar surface area (TPSA) is 54.6 Å². The van der Waals surface area contributed by atoms with Crippen molar-refractivity contribution < 1.29 is 18.7 Å². The Balaban J connectivity index is 2.25. The summed E-state index contributed by atoms with van der Waals surface area (Å²) in [5, 5.41) is 13.0. The van der Waals surface area contributed by atoms with Gasteiger partial charge in [-0.3, -0.25) is 0 Å². The lowest BCUT2D eigenvalue weighted by Gasteiger charge is -2.00. The Bertz CT molecular complexity index is 795. The Labute approximate surface area is 115 Å². The average molecular weight is 294 g/mol. The van der Waals surface area contributed by atoms with E-state index < -0.39 is 12.4 Å². The number of alkyl halides is 2. The number of hydrogen-bond acceptors (Lipinski definition) is 3. The number of thiophene rings is 1. The summed E-state index contributed by atoms with van der Waals surface area (Å²) in [6.07, 6.45) is 0.446. The molecule has 7 heteroatoms. The number of aromatic carboxylic acids is 1. The summed E-state index contributed by atoms with van der Waals surface area (Å²) in [6, 6.07) is 6.56. The van der Waals surface area contributed by atoms with Gasteiger partial charge >= 0.3 is 5.97 Å².